The summed E-state index contributed by atoms with van der Waals surface area (Å²) in [7, 11) is 0. The number of rotatable bonds is 3. The minimum Gasteiger partial charge on any atom is -0.494 e. The Hall–Kier alpha value is -2.22. The molecule has 1 saturated heterocycles. The molecule has 2 aliphatic rings. The summed E-state index contributed by atoms with van der Waals surface area (Å²) in [6, 6.07) is 5.55. The molecule has 5 nitrogen and oxygen atoms in total. The van der Waals surface area contributed by atoms with Gasteiger partial charge in [0.1, 0.15) is 11.8 Å². The van der Waals surface area contributed by atoms with Crippen LogP contribution in [-0.2, 0) is 11.2 Å². The summed E-state index contributed by atoms with van der Waals surface area (Å²) >= 11 is 0. The average molecular weight is 285 g/mol. The third-order valence-corrected chi connectivity index (χ3v) is 4.22. The van der Waals surface area contributed by atoms with Gasteiger partial charge in [-0.15, -0.1) is 0 Å². The van der Waals surface area contributed by atoms with Gasteiger partial charge in [0.15, 0.2) is 6.19 Å². The first-order valence-electron chi connectivity index (χ1n) is 7.48. The first kappa shape index (κ1) is 13.7. The van der Waals surface area contributed by atoms with E-state index < -0.39 is 0 Å². The molecule has 0 bridgehead atoms. The maximum absolute atomic E-state index is 12.7. The average Bonchev–Trinajstić information content (AvgIpc) is 3.14. The van der Waals surface area contributed by atoms with Crippen molar-refractivity contribution in [1.82, 2.24) is 4.90 Å². The van der Waals surface area contributed by atoms with Gasteiger partial charge in [0.2, 0.25) is 5.91 Å². The molecule has 1 aromatic carbocycles. The molecular weight excluding hydrogens is 266 g/mol. The number of likely N-dealkylation sites (tertiary alicyclic amines) is 1. The molecule has 0 unspecified atom stereocenters. The topological polar surface area (TPSA) is 56.6 Å². The van der Waals surface area contributed by atoms with Crippen LogP contribution in [0.3, 0.4) is 0 Å². The summed E-state index contributed by atoms with van der Waals surface area (Å²) < 4.78 is 5.64. The fourth-order valence-electron chi connectivity index (χ4n) is 3.24. The maximum atomic E-state index is 12.7. The van der Waals surface area contributed by atoms with Crippen molar-refractivity contribution in [3.8, 4) is 11.9 Å². The molecule has 0 aliphatic carbocycles. The highest BCUT2D eigenvalue weighted by atomic mass is 16.5. The molecule has 110 valence electrons. The van der Waals surface area contributed by atoms with E-state index in [4.69, 9.17) is 10.00 Å². The van der Waals surface area contributed by atoms with Gasteiger partial charge in [-0.3, -0.25) is 9.69 Å². The van der Waals surface area contributed by atoms with E-state index in [-0.39, 0.29) is 11.9 Å². The van der Waals surface area contributed by atoms with Crippen molar-refractivity contribution in [1.29, 1.82) is 5.26 Å². The van der Waals surface area contributed by atoms with Crippen molar-refractivity contribution < 1.29 is 9.53 Å². The zero-order valence-corrected chi connectivity index (χ0v) is 12.2. The van der Waals surface area contributed by atoms with Crippen molar-refractivity contribution in [3.05, 3.63) is 23.8 Å². The van der Waals surface area contributed by atoms with E-state index in [0.29, 0.717) is 19.7 Å². The first-order valence-corrected chi connectivity index (χ1v) is 7.48. The Balaban J connectivity index is 1.86. The molecule has 0 radical (unpaired) electrons. The summed E-state index contributed by atoms with van der Waals surface area (Å²) in [5.41, 5.74) is 2.05. The van der Waals surface area contributed by atoms with E-state index in [1.54, 1.807) is 4.90 Å². The lowest BCUT2D eigenvalue weighted by Gasteiger charge is -2.24. The molecule has 1 amide bonds. The minimum absolute atomic E-state index is 0.0430. The van der Waals surface area contributed by atoms with Crippen LogP contribution in [-0.4, -0.2) is 36.5 Å². The Labute approximate surface area is 124 Å². The number of nitrogens with zero attached hydrogens (tertiary/aromatic N) is 3. The number of anilines is 1. The van der Waals surface area contributed by atoms with Gasteiger partial charge in [-0.25, -0.2) is 0 Å². The molecular formula is C16H19N3O2. The van der Waals surface area contributed by atoms with E-state index >= 15 is 0 Å². The second-order valence-corrected chi connectivity index (χ2v) is 5.38. The normalized spacial score (nSPS) is 20.3. The first-order chi connectivity index (χ1) is 10.3. The summed E-state index contributed by atoms with van der Waals surface area (Å²) in [6.45, 7) is 3.94. The van der Waals surface area contributed by atoms with E-state index in [1.807, 2.05) is 30.0 Å². The fourth-order valence-corrected chi connectivity index (χ4v) is 3.24. The van der Waals surface area contributed by atoms with Gasteiger partial charge in [0, 0.05) is 18.7 Å². The Morgan fingerprint density at radius 1 is 1.48 bits per heavy atom. The van der Waals surface area contributed by atoms with Crippen molar-refractivity contribution in [2.45, 2.75) is 32.2 Å². The highest BCUT2D eigenvalue weighted by Crippen LogP contribution is 2.36. The molecule has 1 fully saturated rings. The number of amides is 1. The second kappa shape index (κ2) is 5.65. The van der Waals surface area contributed by atoms with Crippen LogP contribution >= 0.6 is 0 Å². The molecule has 1 aromatic rings. The fraction of sp³-hybridized carbons (Fsp3) is 0.500. The molecule has 5 heteroatoms. The predicted molar refractivity (Wildman–Crippen MR) is 79.0 cm³/mol. The highest BCUT2D eigenvalue weighted by molar-refractivity contribution is 5.99. The van der Waals surface area contributed by atoms with E-state index in [2.05, 4.69) is 6.19 Å². The molecule has 0 saturated carbocycles. The van der Waals surface area contributed by atoms with Crippen LogP contribution in [0.25, 0.3) is 0 Å². The Bertz CT molecular complexity index is 594. The zero-order valence-electron chi connectivity index (χ0n) is 12.2. The monoisotopic (exact) mass is 285 g/mol. The lowest BCUT2D eigenvalue weighted by atomic mass is 10.1. The van der Waals surface area contributed by atoms with Gasteiger partial charge in [0.25, 0.3) is 0 Å². The van der Waals surface area contributed by atoms with Crippen molar-refractivity contribution in [3.63, 3.8) is 0 Å². The molecule has 0 spiro atoms. The molecule has 2 aliphatic heterocycles. The standard InChI is InChI=1S/C16H19N3O2/c1-2-21-15-7-3-5-13-12(15)8-10-19(13)16(20)14-6-4-9-18(14)11-17/h3,5,7,14H,2,4,6,8-10H2,1H3/t14-/m0/s1. The zero-order chi connectivity index (χ0) is 14.8. The van der Waals surface area contributed by atoms with Gasteiger partial charge < -0.3 is 9.64 Å². The number of nitriles is 1. The molecule has 0 N–H and O–H groups in total. The summed E-state index contributed by atoms with van der Waals surface area (Å²) in [4.78, 5) is 16.2. The number of carbonyl (C=O) groups is 1. The van der Waals surface area contributed by atoms with Gasteiger partial charge in [-0.1, -0.05) is 6.07 Å². The summed E-state index contributed by atoms with van der Waals surface area (Å²) in [5.74, 6) is 0.912. The number of hydrogen-bond donors (Lipinski definition) is 0. The third kappa shape index (κ3) is 2.31. The van der Waals surface area contributed by atoms with Gasteiger partial charge in [-0.05, 0) is 38.3 Å². The largest absolute Gasteiger partial charge is 0.494 e. The SMILES string of the molecule is CCOc1cccc2c1CCN2C(=O)[C@@H]1CCCN1C#N. The maximum Gasteiger partial charge on any atom is 0.250 e. The van der Waals surface area contributed by atoms with Crippen LogP contribution in [0, 0.1) is 11.5 Å². The van der Waals surface area contributed by atoms with E-state index in [9.17, 15) is 4.79 Å². The molecule has 0 aromatic heterocycles. The van der Waals surface area contributed by atoms with Crippen molar-refractivity contribution in [2.75, 3.05) is 24.6 Å². The highest BCUT2D eigenvalue weighted by Gasteiger charge is 2.36. The Kier molecular flexibility index (Phi) is 3.70. The van der Waals surface area contributed by atoms with E-state index in [1.165, 1.54) is 0 Å². The van der Waals surface area contributed by atoms with Crippen LogP contribution in [0.4, 0.5) is 5.69 Å². The van der Waals surface area contributed by atoms with Gasteiger partial charge in [0.05, 0.1) is 12.3 Å². The smallest absolute Gasteiger partial charge is 0.250 e. The molecule has 2 heterocycles. The molecule has 3 rings (SSSR count). The second-order valence-electron chi connectivity index (χ2n) is 5.38. The minimum atomic E-state index is -0.295. The number of fused-ring (bicyclic) bond motifs is 1. The van der Waals surface area contributed by atoms with Crippen LogP contribution in [0.15, 0.2) is 18.2 Å². The van der Waals surface area contributed by atoms with Crippen molar-refractivity contribution in [2.24, 2.45) is 0 Å². The Morgan fingerprint density at radius 2 is 2.33 bits per heavy atom. The van der Waals surface area contributed by atoms with Gasteiger partial charge >= 0.3 is 0 Å². The molecule has 21 heavy (non-hydrogen) atoms. The number of ether oxygens (including phenoxy) is 1. The van der Waals surface area contributed by atoms with Crippen LogP contribution in [0.5, 0.6) is 5.75 Å². The number of benzene rings is 1. The van der Waals surface area contributed by atoms with Gasteiger partial charge in [-0.2, -0.15) is 5.26 Å². The number of carbonyl (C=O) groups excluding carboxylic acids is 1. The lowest BCUT2D eigenvalue weighted by molar-refractivity contribution is -0.121. The quantitative estimate of drug-likeness (QED) is 0.796. The molecule has 1 atom stereocenters. The van der Waals surface area contributed by atoms with Crippen LogP contribution in [0.1, 0.15) is 25.3 Å². The summed E-state index contributed by atoms with van der Waals surface area (Å²) in [6.07, 6.45) is 4.62. The van der Waals surface area contributed by atoms with Crippen LogP contribution in [0.2, 0.25) is 0 Å². The number of hydrogen-bond acceptors (Lipinski definition) is 4. The lowest BCUT2D eigenvalue weighted by Crippen LogP contribution is -2.43. The predicted octanol–water partition coefficient (Wildman–Crippen LogP) is 1.92. The summed E-state index contributed by atoms with van der Waals surface area (Å²) in [5, 5.41) is 9.12. The van der Waals surface area contributed by atoms with Crippen LogP contribution < -0.4 is 9.64 Å². The van der Waals surface area contributed by atoms with E-state index in [0.717, 1.165) is 36.3 Å². The third-order valence-electron chi connectivity index (χ3n) is 4.22. The van der Waals surface area contributed by atoms with Crippen molar-refractivity contribution >= 4 is 11.6 Å². The Morgan fingerprint density at radius 3 is 3.10 bits per heavy atom.